The van der Waals surface area contributed by atoms with Crippen molar-refractivity contribution in [3.8, 4) is 5.75 Å². The van der Waals surface area contributed by atoms with Crippen LogP contribution in [0.3, 0.4) is 0 Å². The normalized spacial score (nSPS) is 10.1. The van der Waals surface area contributed by atoms with Gasteiger partial charge in [0.15, 0.2) is 0 Å². The number of benzene rings is 1. The van der Waals surface area contributed by atoms with Crippen LogP contribution in [0.25, 0.3) is 0 Å². The van der Waals surface area contributed by atoms with Crippen LogP contribution in [0.1, 0.15) is 16.1 Å². The Hall–Kier alpha value is -3.21. The van der Waals surface area contributed by atoms with Gasteiger partial charge in [0.1, 0.15) is 12.4 Å². The number of anilines is 1. The maximum Gasteiger partial charge on any atom is 0.257 e. The summed E-state index contributed by atoms with van der Waals surface area (Å²) >= 11 is 0. The second-order valence-electron chi connectivity index (χ2n) is 4.83. The summed E-state index contributed by atoms with van der Waals surface area (Å²) in [7, 11) is 0. The molecule has 0 aliphatic heterocycles. The number of hydrogen-bond donors (Lipinski definition) is 1. The average molecular weight is 305 g/mol. The molecular weight excluding hydrogens is 290 g/mol. The molecule has 23 heavy (non-hydrogen) atoms. The van der Waals surface area contributed by atoms with Gasteiger partial charge in [0.2, 0.25) is 0 Å². The molecule has 5 nitrogen and oxygen atoms in total. The number of amides is 1. The third kappa shape index (κ3) is 4.14. The van der Waals surface area contributed by atoms with Gasteiger partial charge in [-0.05, 0) is 48.5 Å². The monoisotopic (exact) mass is 305 g/mol. The summed E-state index contributed by atoms with van der Waals surface area (Å²) in [5, 5.41) is 2.81. The minimum Gasteiger partial charge on any atom is -0.487 e. The van der Waals surface area contributed by atoms with Crippen molar-refractivity contribution in [3.05, 3.63) is 84.4 Å². The predicted octanol–water partition coefficient (Wildman–Crippen LogP) is 3.31. The molecule has 0 aliphatic carbocycles. The molecule has 0 fully saturated rings. The van der Waals surface area contributed by atoms with Crippen molar-refractivity contribution in [1.82, 2.24) is 9.97 Å². The Kier molecular flexibility index (Phi) is 4.59. The first kappa shape index (κ1) is 14.7. The Morgan fingerprint density at radius 1 is 1.00 bits per heavy atom. The van der Waals surface area contributed by atoms with Gasteiger partial charge in [0.25, 0.3) is 5.91 Å². The first-order valence-electron chi connectivity index (χ1n) is 7.15. The number of nitrogens with one attached hydrogen (secondary N) is 1. The van der Waals surface area contributed by atoms with Crippen LogP contribution < -0.4 is 10.1 Å². The van der Waals surface area contributed by atoms with Gasteiger partial charge >= 0.3 is 0 Å². The number of ether oxygens (including phenoxy) is 1. The number of carbonyl (C=O) groups is 1. The third-order valence-electron chi connectivity index (χ3n) is 3.15. The van der Waals surface area contributed by atoms with Crippen LogP contribution in [-0.4, -0.2) is 15.9 Å². The predicted molar refractivity (Wildman–Crippen MR) is 87.2 cm³/mol. The standard InChI is InChI=1S/C18H15N3O2/c22-18(14-4-3-10-19-12-14)21-15-6-8-17(9-7-15)23-13-16-5-1-2-11-20-16/h1-12H,13H2,(H,21,22). The van der Waals surface area contributed by atoms with Gasteiger partial charge < -0.3 is 10.1 Å². The number of nitrogens with zero attached hydrogens (tertiary/aromatic N) is 2. The Bertz CT molecular complexity index is 759. The zero-order valence-electron chi connectivity index (χ0n) is 12.3. The molecular formula is C18H15N3O2. The second kappa shape index (κ2) is 7.17. The number of carbonyl (C=O) groups excluding carboxylic acids is 1. The molecule has 2 heterocycles. The molecule has 3 aromatic rings. The highest BCUT2D eigenvalue weighted by Gasteiger charge is 2.05. The van der Waals surface area contributed by atoms with Gasteiger partial charge in [-0.25, -0.2) is 0 Å². The molecule has 0 spiro atoms. The van der Waals surface area contributed by atoms with Gasteiger partial charge in [0, 0.05) is 24.3 Å². The highest BCUT2D eigenvalue weighted by molar-refractivity contribution is 6.04. The van der Waals surface area contributed by atoms with E-state index in [1.54, 1.807) is 36.7 Å². The summed E-state index contributed by atoms with van der Waals surface area (Å²) < 4.78 is 5.65. The SMILES string of the molecule is O=C(Nc1ccc(OCc2ccccn2)cc1)c1cccnc1. The molecule has 2 aromatic heterocycles. The van der Waals surface area contributed by atoms with Gasteiger partial charge in [-0.2, -0.15) is 0 Å². The van der Waals surface area contributed by atoms with E-state index >= 15 is 0 Å². The van der Waals surface area contributed by atoms with E-state index in [0.717, 1.165) is 11.4 Å². The fraction of sp³-hybridized carbons (Fsp3) is 0.0556. The fourth-order valence-corrected chi connectivity index (χ4v) is 1.98. The quantitative estimate of drug-likeness (QED) is 0.785. The Morgan fingerprint density at radius 2 is 1.87 bits per heavy atom. The molecule has 0 unspecified atom stereocenters. The van der Waals surface area contributed by atoms with E-state index in [9.17, 15) is 4.79 Å². The zero-order chi connectivity index (χ0) is 15.9. The Labute approximate surface area is 134 Å². The lowest BCUT2D eigenvalue weighted by Crippen LogP contribution is -2.11. The smallest absolute Gasteiger partial charge is 0.257 e. The molecule has 0 bridgehead atoms. The van der Waals surface area contributed by atoms with Crippen molar-refractivity contribution in [2.75, 3.05) is 5.32 Å². The molecule has 0 atom stereocenters. The average Bonchev–Trinajstić information content (AvgIpc) is 2.63. The molecule has 1 N–H and O–H groups in total. The molecule has 1 amide bonds. The van der Waals surface area contributed by atoms with Crippen molar-refractivity contribution >= 4 is 11.6 Å². The van der Waals surface area contributed by atoms with E-state index in [1.807, 2.05) is 30.3 Å². The van der Waals surface area contributed by atoms with E-state index in [-0.39, 0.29) is 5.91 Å². The van der Waals surface area contributed by atoms with Crippen LogP contribution in [0.4, 0.5) is 5.69 Å². The summed E-state index contributed by atoms with van der Waals surface area (Å²) in [6.45, 7) is 0.405. The summed E-state index contributed by atoms with van der Waals surface area (Å²) in [5.41, 5.74) is 2.08. The molecule has 0 saturated heterocycles. The zero-order valence-corrected chi connectivity index (χ0v) is 12.3. The lowest BCUT2D eigenvalue weighted by Gasteiger charge is -2.08. The minimum absolute atomic E-state index is 0.194. The largest absolute Gasteiger partial charge is 0.487 e. The molecule has 1 aromatic carbocycles. The van der Waals surface area contributed by atoms with Crippen LogP contribution in [0.15, 0.2) is 73.2 Å². The number of rotatable bonds is 5. The lowest BCUT2D eigenvalue weighted by atomic mass is 10.2. The van der Waals surface area contributed by atoms with Crippen LogP contribution in [0.2, 0.25) is 0 Å². The van der Waals surface area contributed by atoms with E-state index in [0.29, 0.717) is 17.9 Å². The van der Waals surface area contributed by atoms with Gasteiger partial charge in [-0.15, -0.1) is 0 Å². The summed E-state index contributed by atoms with van der Waals surface area (Å²) in [6.07, 6.45) is 4.89. The maximum absolute atomic E-state index is 12.0. The minimum atomic E-state index is -0.194. The van der Waals surface area contributed by atoms with Crippen molar-refractivity contribution in [2.45, 2.75) is 6.61 Å². The Morgan fingerprint density at radius 3 is 2.57 bits per heavy atom. The summed E-state index contributed by atoms with van der Waals surface area (Å²) in [6, 6.07) is 16.3. The van der Waals surface area contributed by atoms with Crippen LogP contribution >= 0.6 is 0 Å². The third-order valence-corrected chi connectivity index (χ3v) is 3.15. The van der Waals surface area contributed by atoms with Crippen molar-refractivity contribution in [2.24, 2.45) is 0 Å². The second-order valence-corrected chi connectivity index (χ2v) is 4.83. The van der Waals surface area contributed by atoms with Crippen molar-refractivity contribution in [1.29, 1.82) is 0 Å². The van der Waals surface area contributed by atoms with Crippen LogP contribution in [-0.2, 0) is 6.61 Å². The Balaban J connectivity index is 1.58. The number of pyridine rings is 2. The summed E-state index contributed by atoms with van der Waals surface area (Å²) in [5.74, 6) is 0.523. The molecule has 0 aliphatic rings. The van der Waals surface area contributed by atoms with Gasteiger partial charge in [-0.1, -0.05) is 6.07 Å². The molecule has 114 valence electrons. The highest BCUT2D eigenvalue weighted by atomic mass is 16.5. The molecule has 0 saturated carbocycles. The number of aromatic nitrogens is 2. The first-order valence-corrected chi connectivity index (χ1v) is 7.15. The van der Waals surface area contributed by atoms with E-state index < -0.39 is 0 Å². The van der Waals surface area contributed by atoms with E-state index in [2.05, 4.69) is 15.3 Å². The lowest BCUT2D eigenvalue weighted by molar-refractivity contribution is 0.102. The topological polar surface area (TPSA) is 64.1 Å². The van der Waals surface area contributed by atoms with Gasteiger partial charge in [-0.3, -0.25) is 14.8 Å². The van der Waals surface area contributed by atoms with Gasteiger partial charge in [0.05, 0.1) is 11.3 Å². The number of hydrogen-bond acceptors (Lipinski definition) is 4. The fourth-order valence-electron chi connectivity index (χ4n) is 1.98. The maximum atomic E-state index is 12.0. The molecule has 0 radical (unpaired) electrons. The summed E-state index contributed by atoms with van der Waals surface area (Å²) in [4.78, 5) is 20.1. The first-order chi connectivity index (χ1) is 11.3. The van der Waals surface area contributed by atoms with E-state index in [1.165, 1.54) is 6.20 Å². The van der Waals surface area contributed by atoms with Crippen molar-refractivity contribution in [3.63, 3.8) is 0 Å². The van der Waals surface area contributed by atoms with Crippen LogP contribution in [0, 0.1) is 0 Å². The molecule has 5 heteroatoms. The molecule has 3 rings (SSSR count). The van der Waals surface area contributed by atoms with Crippen LogP contribution in [0.5, 0.6) is 5.75 Å². The van der Waals surface area contributed by atoms with Crippen molar-refractivity contribution < 1.29 is 9.53 Å². The van der Waals surface area contributed by atoms with E-state index in [4.69, 9.17) is 4.74 Å². The highest BCUT2D eigenvalue weighted by Crippen LogP contribution is 2.17.